The summed E-state index contributed by atoms with van der Waals surface area (Å²) >= 11 is 9.21. The first-order valence-electron chi connectivity index (χ1n) is 6.64. The molecule has 0 aromatic heterocycles. The molecule has 0 unspecified atom stereocenters. The van der Waals surface area contributed by atoms with Gasteiger partial charge >= 0.3 is 0 Å². The lowest BCUT2D eigenvalue weighted by molar-refractivity contribution is 0.0761. The number of benzene rings is 1. The first-order valence-corrected chi connectivity index (χ1v) is 9.64. The van der Waals surface area contributed by atoms with Crippen molar-refractivity contribution in [3.05, 3.63) is 31.8 Å². The van der Waals surface area contributed by atoms with Crippen molar-refractivity contribution in [2.75, 3.05) is 38.1 Å². The summed E-state index contributed by atoms with van der Waals surface area (Å²) in [5.74, 6) is 0.135. The first-order chi connectivity index (χ1) is 9.61. The third kappa shape index (κ3) is 4.42. The van der Waals surface area contributed by atoms with Gasteiger partial charge in [-0.1, -0.05) is 15.9 Å². The molecule has 1 aromatic carbocycles. The highest BCUT2D eigenvalue weighted by atomic mass is 127. The monoisotopic (exact) mass is 514 g/mol. The van der Waals surface area contributed by atoms with Crippen molar-refractivity contribution >= 4 is 60.4 Å². The first kappa shape index (κ1) is 16.7. The highest BCUT2D eigenvalue weighted by Crippen LogP contribution is 2.21. The van der Waals surface area contributed by atoms with Gasteiger partial charge in [-0.2, -0.15) is 0 Å². The van der Waals surface area contributed by atoms with Gasteiger partial charge in [0.2, 0.25) is 0 Å². The standard InChI is InChI=1S/C14H17Br2IN2O/c15-4-7-18-5-1-6-19(9-8-18)14(20)12-10-11(17)2-3-13(12)16/h2-3,10H,1,4-9H2. The normalized spacial score (nSPS) is 17.1. The smallest absolute Gasteiger partial charge is 0.255 e. The number of amides is 1. The zero-order valence-corrected chi connectivity index (χ0v) is 16.4. The Kier molecular flexibility index (Phi) is 6.77. The van der Waals surface area contributed by atoms with Crippen molar-refractivity contribution in [1.82, 2.24) is 9.80 Å². The molecular weight excluding hydrogens is 499 g/mol. The third-order valence-electron chi connectivity index (χ3n) is 3.44. The van der Waals surface area contributed by atoms with E-state index >= 15 is 0 Å². The van der Waals surface area contributed by atoms with Crippen LogP contribution in [0.15, 0.2) is 22.7 Å². The molecule has 0 aliphatic carbocycles. The molecule has 1 amide bonds. The highest BCUT2D eigenvalue weighted by Gasteiger charge is 2.21. The molecule has 1 aliphatic heterocycles. The summed E-state index contributed by atoms with van der Waals surface area (Å²) in [5, 5.41) is 0.989. The van der Waals surface area contributed by atoms with Crippen molar-refractivity contribution in [1.29, 1.82) is 0 Å². The van der Waals surface area contributed by atoms with Gasteiger partial charge in [-0.3, -0.25) is 4.79 Å². The van der Waals surface area contributed by atoms with E-state index in [1.807, 2.05) is 23.1 Å². The van der Waals surface area contributed by atoms with E-state index in [2.05, 4.69) is 59.4 Å². The topological polar surface area (TPSA) is 23.6 Å². The van der Waals surface area contributed by atoms with Crippen LogP contribution in [0.25, 0.3) is 0 Å². The lowest BCUT2D eigenvalue weighted by atomic mass is 10.2. The van der Waals surface area contributed by atoms with Gasteiger partial charge in [0.1, 0.15) is 0 Å². The number of hydrogen-bond donors (Lipinski definition) is 0. The third-order valence-corrected chi connectivity index (χ3v) is 5.15. The molecule has 3 nitrogen and oxygen atoms in total. The van der Waals surface area contributed by atoms with E-state index in [1.54, 1.807) is 0 Å². The number of halogens is 3. The van der Waals surface area contributed by atoms with Crippen LogP contribution in [0.4, 0.5) is 0 Å². The Morgan fingerprint density at radius 3 is 2.80 bits per heavy atom. The van der Waals surface area contributed by atoms with E-state index in [1.165, 1.54) is 0 Å². The number of rotatable bonds is 3. The van der Waals surface area contributed by atoms with E-state index in [4.69, 9.17) is 0 Å². The summed E-state index contributed by atoms with van der Waals surface area (Å²) in [6, 6.07) is 5.90. The molecule has 6 heteroatoms. The quantitative estimate of drug-likeness (QED) is 0.454. The molecule has 2 rings (SSSR count). The predicted molar refractivity (Wildman–Crippen MR) is 97.6 cm³/mol. The second-order valence-electron chi connectivity index (χ2n) is 4.80. The van der Waals surface area contributed by atoms with E-state index < -0.39 is 0 Å². The van der Waals surface area contributed by atoms with Gasteiger partial charge in [-0.05, 0) is 69.7 Å². The molecule has 0 radical (unpaired) electrons. The van der Waals surface area contributed by atoms with Gasteiger partial charge in [0.05, 0.1) is 5.56 Å². The van der Waals surface area contributed by atoms with Crippen LogP contribution in [0.3, 0.4) is 0 Å². The summed E-state index contributed by atoms with van der Waals surface area (Å²) in [7, 11) is 0. The molecule has 0 saturated carbocycles. The summed E-state index contributed by atoms with van der Waals surface area (Å²) in [4.78, 5) is 17.0. The fraction of sp³-hybridized carbons (Fsp3) is 0.500. The SMILES string of the molecule is O=C(c1cc(I)ccc1Br)N1CCCN(CCBr)CC1. The van der Waals surface area contributed by atoms with Crippen molar-refractivity contribution in [2.45, 2.75) is 6.42 Å². The van der Waals surface area contributed by atoms with Crippen LogP contribution in [0.2, 0.25) is 0 Å². The maximum atomic E-state index is 12.7. The Bertz CT molecular complexity index is 484. The molecule has 1 fully saturated rings. The van der Waals surface area contributed by atoms with Crippen LogP contribution in [0.1, 0.15) is 16.8 Å². The predicted octanol–water partition coefficient (Wildman–Crippen LogP) is 3.60. The molecule has 0 bridgehead atoms. The molecule has 20 heavy (non-hydrogen) atoms. The molecule has 110 valence electrons. The number of hydrogen-bond acceptors (Lipinski definition) is 2. The minimum Gasteiger partial charge on any atom is -0.337 e. The number of carbonyl (C=O) groups is 1. The Morgan fingerprint density at radius 1 is 1.25 bits per heavy atom. The lowest BCUT2D eigenvalue weighted by Gasteiger charge is -2.22. The number of carbonyl (C=O) groups excluding carboxylic acids is 1. The van der Waals surface area contributed by atoms with Gasteiger partial charge in [0, 0.05) is 39.6 Å². The van der Waals surface area contributed by atoms with Crippen molar-refractivity contribution in [3.63, 3.8) is 0 Å². The summed E-state index contributed by atoms with van der Waals surface area (Å²) in [6.07, 6.45) is 1.04. The Hall–Kier alpha value is 0.340. The maximum absolute atomic E-state index is 12.7. The number of nitrogens with zero attached hydrogens (tertiary/aromatic N) is 2. The van der Waals surface area contributed by atoms with Crippen LogP contribution in [0.5, 0.6) is 0 Å². The average Bonchev–Trinajstić information content (AvgIpc) is 2.67. The molecule has 1 saturated heterocycles. The van der Waals surface area contributed by atoms with Crippen LogP contribution in [-0.4, -0.2) is 53.8 Å². The Balaban J connectivity index is 2.07. The minimum absolute atomic E-state index is 0.135. The largest absolute Gasteiger partial charge is 0.337 e. The van der Waals surface area contributed by atoms with Crippen molar-refractivity contribution in [3.8, 4) is 0 Å². The van der Waals surface area contributed by atoms with Gasteiger partial charge in [0.15, 0.2) is 0 Å². The van der Waals surface area contributed by atoms with E-state index in [0.29, 0.717) is 0 Å². The molecule has 0 N–H and O–H groups in total. The molecule has 1 aliphatic rings. The van der Waals surface area contributed by atoms with E-state index in [-0.39, 0.29) is 5.91 Å². The van der Waals surface area contributed by atoms with E-state index in [0.717, 1.165) is 58.1 Å². The second-order valence-corrected chi connectivity index (χ2v) is 7.69. The van der Waals surface area contributed by atoms with Gasteiger partial charge in [-0.25, -0.2) is 0 Å². The van der Waals surface area contributed by atoms with Crippen LogP contribution in [-0.2, 0) is 0 Å². The average molecular weight is 516 g/mol. The van der Waals surface area contributed by atoms with Crippen molar-refractivity contribution < 1.29 is 4.79 Å². The maximum Gasteiger partial charge on any atom is 0.255 e. The van der Waals surface area contributed by atoms with Gasteiger partial charge < -0.3 is 9.80 Å². The zero-order chi connectivity index (χ0) is 14.5. The molecular formula is C14H17Br2IN2O. The molecule has 1 heterocycles. The highest BCUT2D eigenvalue weighted by molar-refractivity contribution is 14.1. The van der Waals surface area contributed by atoms with Crippen LogP contribution < -0.4 is 0 Å². The van der Waals surface area contributed by atoms with E-state index in [9.17, 15) is 4.79 Å². The van der Waals surface area contributed by atoms with Crippen LogP contribution >= 0.6 is 54.5 Å². The molecule has 0 spiro atoms. The Morgan fingerprint density at radius 2 is 2.05 bits per heavy atom. The number of alkyl halides is 1. The fourth-order valence-corrected chi connectivity index (χ4v) is 3.76. The fourth-order valence-electron chi connectivity index (χ4n) is 2.35. The van der Waals surface area contributed by atoms with Gasteiger partial charge in [-0.15, -0.1) is 0 Å². The molecule has 0 atom stereocenters. The Labute approximate surface area is 150 Å². The minimum atomic E-state index is 0.135. The summed E-state index contributed by atoms with van der Waals surface area (Å²) in [6.45, 7) is 4.73. The van der Waals surface area contributed by atoms with Gasteiger partial charge in [0.25, 0.3) is 5.91 Å². The summed E-state index contributed by atoms with van der Waals surface area (Å²) < 4.78 is 1.97. The van der Waals surface area contributed by atoms with Crippen molar-refractivity contribution in [2.24, 2.45) is 0 Å². The zero-order valence-electron chi connectivity index (χ0n) is 11.1. The second kappa shape index (κ2) is 8.10. The summed E-state index contributed by atoms with van der Waals surface area (Å²) in [5.41, 5.74) is 0.769. The van der Waals surface area contributed by atoms with Crippen LogP contribution in [0, 0.1) is 3.57 Å². The lowest BCUT2D eigenvalue weighted by Crippen LogP contribution is -2.35. The molecule has 1 aromatic rings.